The molecule has 0 spiro atoms. The summed E-state index contributed by atoms with van der Waals surface area (Å²) in [5.74, 6) is 0.625. The summed E-state index contributed by atoms with van der Waals surface area (Å²) in [5, 5.41) is 10.8. The monoisotopic (exact) mass is 294 g/mol. The molecule has 0 aliphatic heterocycles. The second-order valence-electron chi connectivity index (χ2n) is 3.46. The summed E-state index contributed by atoms with van der Waals surface area (Å²) in [6.45, 7) is 0. The van der Waals surface area contributed by atoms with Crippen molar-refractivity contribution in [3.8, 4) is 6.07 Å². The molecule has 0 fully saturated rings. The second-order valence-corrected chi connectivity index (χ2v) is 5.27. The van der Waals surface area contributed by atoms with E-state index in [1.165, 1.54) is 11.8 Å². The minimum atomic E-state index is 0.408. The van der Waals surface area contributed by atoms with Crippen LogP contribution >= 0.6 is 35.0 Å². The SMILES string of the molecule is N#Cc1cccc(SCc2c(Cl)cccc2Cl)n1. The Morgan fingerprint density at radius 3 is 2.44 bits per heavy atom. The number of nitrogens with zero attached hydrogens (tertiary/aromatic N) is 2. The minimum absolute atomic E-state index is 0.408. The van der Waals surface area contributed by atoms with Gasteiger partial charge in [-0.15, -0.1) is 11.8 Å². The number of aromatic nitrogens is 1. The highest BCUT2D eigenvalue weighted by atomic mass is 35.5. The van der Waals surface area contributed by atoms with E-state index in [9.17, 15) is 0 Å². The van der Waals surface area contributed by atoms with Gasteiger partial charge >= 0.3 is 0 Å². The van der Waals surface area contributed by atoms with Gasteiger partial charge in [-0.1, -0.05) is 35.3 Å². The Kier molecular flexibility index (Phi) is 4.48. The number of nitriles is 1. The maximum atomic E-state index is 8.77. The maximum Gasteiger partial charge on any atom is 0.141 e. The van der Waals surface area contributed by atoms with Crippen molar-refractivity contribution in [3.63, 3.8) is 0 Å². The van der Waals surface area contributed by atoms with E-state index < -0.39 is 0 Å². The average molecular weight is 295 g/mol. The molecule has 0 amide bonds. The van der Waals surface area contributed by atoms with Gasteiger partial charge in [0.1, 0.15) is 11.8 Å². The van der Waals surface area contributed by atoms with Crippen molar-refractivity contribution in [3.05, 3.63) is 57.7 Å². The molecule has 2 aromatic rings. The Morgan fingerprint density at radius 2 is 1.78 bits per heavy atom. The van der Waals surface area contributed by atoms with Gasteiger partial charge in [0, 0.05) is 15.8 Å². The first-order valence-electron chi connectivity index (χ1n) is 5.13. The molecule has 2 rings (SSSR count). The van der Waals surface area contributed by atoms with Crippen molar-refractivity contribution in [1.29, 1.82) is 5.26 Å². The summed E-state index contributed by atoms with van der Waals surface area (Å²) in [5.41, 5.74) is 1.29. The quantitative estimate of drug-likeness (QED) is 0.779. The van der Waals surface area contributed by atoms with E-state index >= 15 is 0 Å². The van der Waals surface area contributed by atoms with Crippen LogP contribution in [0.25, 0.3) is 0 Å². The van der Waals surface area contributed by atoms with Crippen molar-refractivity contribution in [2.24, 2.45) is 0 Å². The molecule has 5 heteroatoms. The summed E-state index contributed by atoms with van der Waals surface area (Å²) in [4.78, 5) is 4.18. The molecule has 0 radical (unpaired) electrons. The summed E-state index contributed by atoms with van der Waals surface area (Å²) >= 11 is 13.7. The Morgan fingerprint density at radius 1 is 1.11 bits per heavy atom. The third kappa shape index (κ3) is 3.17. The molecule has 2 nitrogen and oxygen atoms in total. The largest absolute Gasteiger partial charge is 0.231 e. The molecule has 0 aliphatic carbocycles. The van der Waals surface area contributed by atoms with E-state index in [0.717, 1.165) is 10.6 Å². The lowest BCUT2D eigenvalue weighted by Gasteiger charge is -2.06. The summed E-state index contributed by atoms with van der Waals surface area (Å²) in [6.07, 6.45) is 0. The molecule has 0 aliphatic rings. The molecule has 0 saturated carbocycles. The van der Waals surface area contributed by atoms with Gasteiger partial charge in [-0.2, -0.15) is 5.26 Å². The van der Waals surface area contributed by atoms with E-state index in [0.29, 0.717) is 21.5 Å². The number of halogens is 2. The van der Waals surface area contributed by atoms with Crippen molar-refractivity contribution >= 4 is 35.0 Å². The van der Waals surface area contributed by atoms with Crippen LogP contribution < -0.4 is 0 Å². The van der Waals surface area contributed by atoms with Gasteiger partial charge in [-0.3, -0.25) is 0 Å². The maximum absolute atomic E-state index is 8.77. The number of thioether (sulfide) groups is 1. The van der Waals surface area contributed by atoms with Gasteiger partial charge in [0.15, 0.2) is 0 Å². The molecule has 0 saturated heterocycles. The van der Waals surface area contributed by atoms with E-state index in [4.69, 9.17) is 28.5 Å². The summed E-state index contributed by atoms with van der Waals surface area (Å²) in [7, 11) is 0. The molecular weight excluding hydrogens is 287 g/mol. The van der Waals surface area contributed by atoms with E-state index in [-0.39, 0.29) is 0 Å². The van der Waals surface area contributed by atoms with Gasteiger partial charge < -0.3 is 0 Å². The predicted octanol–water partition coefficient (Wildman–Crippen LogP) is 4.55. The minimum Gasteiger partial charge on any atom is -0.231 e. The first kappa shape index (κ1) is 13.2. The fourth-order valence-corrected chi connectivity index (χ4v) is 3.00. The lowest BCUT2D eigenvalue weighted by molar-refractivity contribution is 1.10. The van der Waals surface area contributed by atoms with Crippen molar-refractivity contribution < 1.29 is 0 Å². The third-order valence-corrected chi connectivity index (χ3v) is 3.93. The zero-order valence-corrected chi connectivity index (χ0v) is 11.6. The van der Waals surface area contributed by atoms with Crippen LogP contribution in [-0.4, -0.2) is 4.98 Å². The number of hydrogen-bond donors (Lipinski definition) is 0. The average Bonchev–Trinajstić information content (AvgIpc) is 2.38. The van der Waals surface area contributed by atoms with Crippen molar-refractivity contribution in [1.82, 2.24) is 4.98 Å². The molecule has 0 atom stereocenters. The molecule has 18 heavy (non-hydrogen) atoms. The highest BCUT2D eigenvalue weighted by molar-refractivity contribution is 7.98. The van der Waals surface area contributed by atoms with Crippen LogP contribution in [0.4, 0.5) is 0 Å². The van der Waals surface area contributed by atoms with E-state index in [1.807, 2.05) is 36.4 Å². The summed E-state index contributed by atoms with van der Waals surface area (Å²) in [6, 6.07) is 12.8. The van der Waals surface area contributed by atoms with E-state index in [2.05, 4.69) is 4.98 Å². The van der Waals surface area contributed by atoms with Crippen LogP contribution in [0.1, 0.15) is 11.3 Å². The van der Waals surface area contributed by atoms with Crippen molar-refractivity contribution in [2.75, 3.05) is 0 Å². The fourth-order valence-electron chi connectivity index (χ4n) is 1.37. The standard InChI is InChI=1S/C13H8Cl2N2S/c14-11-4-2-5-12(15)10(11)8-18-13-6-1-3-9(7-16)17-13/h1-6H,8H2. The number of rotatable bonds is 3. The van der Waals surface area contributed by atoms with Gasteiger partial charge in [-0.05, 0) is 29.8 Å². The Hall–Kier alpha value is -1.21. The molecule has 0 unspecified atom stereocenters. The van der Waals surface area contributed by atoms with Crippen LogP contribution in [0.2, 0.25) is 10.0 Å². The van der Waals surface area contributed by atoms with Crippen molar-refractivity contribution in [2.45, 2.75) is 10.8 Å². The van der Waals surface area contributed by atoms with Gasteiger partial charge in [0.25, 0.3) is 0 Å². The summed E-state index contributed by atoms with van der Waals surface area (Å²) < 4.78 is 0. The van der Waals surface area contributed by atoms with Crippen LogP contribution in [-0.2, 0) is 5.75 Å². The molecule has 1 aromatic carbocycles. The Labute approximate surface area is 120 Å². The highest BCUT2D eigenvalue weighted by Gasteiger charge is 2.06. The number of benzene rings is 1. The molecule has 1 heterocycles. The lowest BCUT2D eigenvalue weighted by Crippen LogP contribution is -1.88. The third-order valence-electron chi connectivity index (χ3n) is 2.26. The van der Waals surface area contributed by atoms with Crippen LogP contribution in [0.15, 0.2) is 41.4 Å². The molecule has 0 N–H and O–H groups in total. The Bertz CT molecular complexity index is 588. The zero-order valence-electron chi connectivity index (χ0n) is 9.23. The second kappa shape index (κ2) is 6.10. The highest BCUT2D eigenvalue weighted by Crippen LogP contribution is 2.30. The van der Waals surface area contributed by atoms with Crippen LogP contribution in [0.5, 0.6) is 0 Å². The first-order valence-corrected chi connectivity index (χ1v) is 6.87. The van der Waals surface area contributed by atoms with Crippen LogP contribution in [0.3, 0.4) is 0 Å². The number of hydrogen-bond acceptors (Lipinski definition) is 3. The molecule has 1 aromatic heterocycles. The van der Waals surface area contributed by atoms with E-state index in [1.54, 1.807) is 6.07 Å². The van der Waals surface area contributed by atoms with Gasteiger partial charge in [0.05, 0.1) is 5.03 Å². The van der Waals surface area contributed by atoms with Gasteiger partial charge in [0.2, 0.25) is 0 Å². The van der Waals surface area contributed by atoms with Crippen LogP contribution in [0, 0.1) is 11.3 Å². The predicted molar refractivity (Wildman–Crippen MR) is 75.0 cm³/mol. The Balaban J connectivity index is 2.14. The fraction of sp³-hybridized carbons (Fsp3) is 0.0769. The zero-order chi connectivity index (χ0) is 13.0. The topological polar surface area (TPSA) is 36.7 Å². The normalized spacial score (nSPS) is 10.1. The van der Waals surface area contributed by atoms with Gasteiger partial charge in [-0.25, -0.2) is 4.98 Å². The lowest BCUT2D eigenvalue weighted by atomic mass is 10.2. The molecule has 0 bridgehead atoms. The molecule has 90 valence electrons. The molecular formula is C13H8Cl2N2S. The number of pyridine rings is 1. The smallest absolute Gasteiger partial charge is 0.141 e. The first-order chi connectivity index (χ1) is 8.70.